The maximum Gasteiger partial charge on any atom is 0.432 e. The third-order valence-corrected chi connectivity index (χ3v) is 2.83. The molecular weight excluding hydrogens is 233 g/mol. The third-order valence-electron chi connectivity index (χ3n) is 1.43. The van der Waals surface area contributed by atoms with Gasteiger partial charge in [-0.1, -0.05) is 0 Å². The van der Waals surface area contributed by atoms with Gasteiger partial charge in [-0.05, 0) is 19.2 Å². The maximum absolute atomic E-state index is 11.2. The number of hydrogen-bond acceptors (Lipinski definition) is 6. The van der Waals surface area contributed by atoms with Gasteiger partial charge in [-0.2, -0.15) is 5.26 Å². The molecule has 0 fully saturated rings. The highest BCUT2D eigenvalue weighted by molar-refractivity contribution is 7.89. The smallest absolute Gasteiger partial charge is 0.430 e. The summed E-state index contributed by atoms with van der Waals surface area (Å²) in [7, 11) is -2.88. The summed E-state index contributed by atoms with van der Waals surface area (Å²) in [5, 5.41) is 22.7. The molecule has 0 saturated heterocycles. The van der Waals surface area contributed by atoms with E-state index in [4.69, 9.17) is 15.3 Å². The zero-order valence-electron chi connectivity index (χ0n) is 8.45. The van der Waals surface area contributed by atoms with E-state index in [1.54, 1.807) is 6.07 Å². The minimum atomic E-state index is -3.45. The Labute approximate surface area is 93.7 Å². The van der Waals surface area contributed by atoms with Gasteiger partial charge in [0.25, 0.3) is 0 Å². The molecule has 0 aliphatic rings. The number of sulfonamides is 1. The second-order valence-corrected chi connectivity index (χ2v) is 4.23. The van der Waals surface area contributed by atoms with Crippen molar-refractivity contribution >= 4 is 17.7 Å². The number of nitrogens with one attached hydrogen (secondary N) is 1. The standard InChI is InChI=1S/C7H7N3O2S.BH3O2/c1-9-13(11,12)7-3-2-6(4-8)10-5-7;2-1-3/h2-3,5,9H,1H3;1-3H. The predicted molar refractivity (Wildman–Crippen MR) is 56.8 cm³/mol. The second-order valence-electron chi connectivity index (χ2n) is 2.34. The van der Waals surface area contributed by atoms with Gasteiger partial charge in [-0.25, -0.2) is 18.1 Å². The molecule has 1 heterocycles. The van der Waals surface area contributed by atoms with Gasteiger partial charge in [0.05, 0.1) is 0 Å². The van der Waals surface area contributed by atoms with E-state index in [9.17, 15) is 8.42 Å². The third kappa shape index (κ3) is 4.37. The fourth-order valence-electron chi connectivity index (χ4n) is 0.723. The normalized spacial score (nSPS) is 9.62. The first-order valence-electron chi connectivity index (χ1n) is 4.03. The van der Waals surface area contributed by atoms with Crippen molar-refractivity contribution in [1.29, 1.82) is 5.26 Å². The van der Waals surface area contributed by atoms with Crippen molar-refractivity contribution in [2.75, 3.05) is 7.05 Å². The van der Waals surface area contributed by atoms with Gasteiger partial charge in [0.15, 0.2) is 0 Å². The fourth-order valence-corrected chi connectivity index (χ4v) is 1.40. The number of pyridine rings is 1. The lowest BCUT2D eigenvalue weighted by atomic mass is 10.4. The quantitative estimate of drug-likeness (QED) is 0.521. The molecule has 0 aliphatic carbocycles. The van der Waals surface area contributed by atoms with Crippen molar-refractivity contribution in [3.05, 3.63) is 24.0 Å². The van der Waals surface area contributed by atoms with E-state index in [1.807, 2.05) is 0 Å². The van der Waals surface area contributed by atoms with Crippen LogP contribution in [0.3, 0.4) is 0 Å². The van der Waals surface area contributed by atoms with Crippen LogP contribution in [0.5, 0.6) is 0 Å². The first-order valence-corrected chi connectivity index (χ1v) is 5.51. The van der Waals surface area contributed by atoms with Crippen molar-refractivity contribution in [2.45, 2.75) is 4.90 Å². The molecule has 16 heavy (non-hydrogen) atoms. The van der Waals surface area contributed by atoms with Gasteiger partial charge in [0, 0.05) is 6.20 Å². The highest BCUT2D eigenvalue weighted by Gasteiger charge is 2.10. The zero-order valence-corrected chi connectivity index (χ0v) is 9.27. The molecule has 3 N–H and O–H groups in total. The monoisotopic (exact) mass is 243 g/mol. The lowest BCUT2D eigenvalue weighted by molar-refractivity contribution is 0.448. The second kappa shape index (κ2) is 6.92. The number of nitriles is 1. The Hall–Kier alpha value is -1.47. The average molecular weight is 243 g/mol. The van der Waals surface area contributed by atoms with E-state index in [0.717, 1.165) is 6.20 Å². The van der Waals surface area contributed by atoms with Crippen LogP contribution in [0, 0.1) is 11.3 Å². The van der Waals surface area contributed by atoms with Crippen LogP contribution in [0.2, 0.25) is 0 Å². The van der Waals surface area contributed by atoms with Crippen molar-refractivity contribution in [2.24, 2.45) is 0 Å². The molecule has 0 spiro atoms. The summed E-state index contributed by atoms with van der Waals surface area (Å²) in [6.45, 7) is 0. The van der Waals surface area contributed by atoms with Crippen molar-refractivity contribution < 1.29 is 18.5 Å². The van der Waals surface area contributed by atoms with E-state index in [-0.39, 0.29) is 10.6 Å². The molecule has 0 bridgehead atoms. The van der Waals surface area contributed by atoms with Crippen LogP contribution < -0.4 is 4.72 Å². The molecule has 0 aliphatic heterocycles. The van der Waals surface area contributed by atoms with E-state index >= 15 is 0 Å². The summed E-state index contributed by atoms with van der Waals surface area (Å²) in [6.07, 6.45) is 1.14. The van der Waals surface area contributed by atoms with Crippen LogP contribution in [-0.2, 0) is 10.0 Å². The molecule has 0 radical (unpaired) electrons. The first-order chi connectivity index (χ1) is 7.51. The number of aromatic nitrogens is 1. The van der Waals surface area contributed by atoms with E-state index in [2.05, 4.69) is 9.71 Å². The Balaban J connectivity index is 0.000000673. The minimum absolute atomic E-state index is 0.0500. The molecule has 0 saturated carbocycles. The first kappa shape index (κ1) is 14.5. The summed E-state index contributed by atoms with van der Waals surface area (Å²) in [6, 6.07) is 4.48. The molecule has 0 unspecified atom stereocenters. The minimum Gasteiger partial charge on any atom is -0.430 e. The molecule has 86 valence electrons. The Kier molecular flexibility index (Phi) is 6.28. The summed E-state index contributed by atoms with van der Waals surface area (Å²) in [5.74, 6) is 0. The Morgan fingerprint density at radius 1 is 1.50 bits per heavy atom. The molecule has 0 amide bonds. The number of nitrogens with zero attached hydrogens (tertiary/aromatic N) is 2. The van der Waals surface area contributed by atoms with Gasteiger partial charge in [0.2, 0.25) is 10.0 Å². The lowest BCUT2D eigenvalue weighted by Crippen LogP contribution is -2.18. The van der Waals surface area contributed by atoms with Crippen molar-refractivity contribution in [3.8, 4) is 6.07 Å². The van der Waals surface area contributed by atoms with Crippen molar-refractivity contribution in [1.82, 2.24) is 9.71 Å². The SMILES string of the molecule is CNS(=O)(=O)c1ccc(C#N)nc1.OBO. The van der Waals surface area contributed by atoms with E-state index in [0.29, 0.717) is 0 Å². The Bertz CT molecular complexity index is 454. The molecule has 0 atom stereocenters. The van der Waals surface area contributed by atoms with Crippen LogP contribution >= 0.6 is 0 Å². The van der Waals surface area contributed by atoms with E-state index in [1.165, 1.54) is 19.2 Å². The number of rotatable bonds is 2. The molecule has 1 rings (SSSR count). The number of hydrogen-bond donors (Lipinski definition) is 3. The molecule has 1 aromatic rings. The fraction of sp³-hybridized carbons (Fsp3) is 0.143. The summed E-state index contributed by atoms with van der Waals surface area (Å²) in [5.41, 5.74) is 0.190. The van der Waals surface area contributed by atoms with Crippen molar-refractivity contribution in [3.63, 3.8) is 0 Å². The molecule has 9 heteroatoms. The van der Waals surface area contributed by atoms with Gasteiger partial charge in [0.1, 0.15) is 16.7 Å². The molecule has 7 nitrogen and oxygen atoms in total. The van der Waals surface area contributed by atoms with E-state index < -0.39 is 17.7 Å². The van der Waals surface area contributed by atoms with Gasteiger partial charge in [-0.15, -0.1) is 0 Å². The van der Waals surface area contributed by atoms with Gasteiger partial charge < -0.3 is 10.0 Å². The summed E-state index contributed by atoms with van der Waals surface area (Å²) < 4.78 is 24.5. The largest absolute Gasteiger partial charge is 0.432 e. The molecule has 0 aromatic carbocycles. The molecule has 1 aromatic heterocycles. The van der Waals surface area contributed by atoms with Crippen LogP contribution in [-0.4, -0.2) is 38.2 Å². The lowest BCUT2D eigenvalue weighted by Gasteiger charge is -1.99. The van der Waals surface area contributed by atoms with Gasteiger partial charge in [-0.3, -0.25) is 0 Å². The van der Waals surface area contributed by atoms with Crippen LogP contribution in [0.15, 0.2) is 23.2 Å². The predicted octanol–water partition coefficient (Wildman–Crippen LogP) is -1.90. The van der Waals surface area contributed by atoms with Crippen LogP contribution in [0.1, 0.15) is 5.69 Å². The maximum atomic E-state index is 11.2. The van der Waals surface area contributed by atoms with Crippen LogP contribution in [0.25, 0.3) is 0 Å². The summed E-state index contributed by atoms with van der Waals surface area (Å²) >= 11 is 0. The zero-order chi connectivity index (χ0) is 12.6. The molecular formula is C7H10BN3O4S. The highest BCUT2D eigenvalue weighted by Crippen LogP contribution is 2.05. The average Bonchev–Trinajstić information content (AvgIpc) is 2.30. The van der Waals surface area contributed by atoms with Crippen LogP contribution in [0.4, 0.5) is 0 Å². The topological polar surface area (TPSA) is 123 Å². The van der Waals surface area contributed by atoms with Gasteiger partial charge >= 0.3 is 7.69 Å². The Morgan fingerprint density at radius 3 is 2.38 bits per heavy atom. The summed E-state index contributed by atoms with van der Waals surface area (Å²) in [4.78, 5) is 3.68. The Morgan fingerprint density at radius 2 is 2.06 bits per heavy atom. The highest BCUT2D eigenvalue weighted by atomic mass is 32.2.